The number of aromatic nitrogens is 1. The molecule has 1 heterocycles. The molecule has 1 fully saturated rings. The Bertz CT molecular complexity index is 502. The van der Waals surface area contributed by atoms with E-state index >= 15 is 0 Å². The van der Waals surface area contributed by atoms with Crippen LogP contribution in [0.2, 0.25) is 0 Å². The molecule has 0 radical (unpaired) electrons. The molecule has 110 valence electrons. The molecule has 0 N–H and O–H groups in total. The van der Waals surface area contributed by atoms with E-state index in [1.807, 2.05) is 0 Å². The summed E-state index contributed by atoms with van der Waals surface area (Å²) in [6, 6.07) is 0.727. The summed E-state index contributed by atoms with van der Waals surface area (Å²) in [4.78, 5) is 15.6. The van der Waals surface area contributed by atoms with Crippen molar-refractivity contribution in [1.82, 2.24) is 4.98 Å². The molecular weight excluding hydrogens is 281 g/mol. The van der Waals surface area contributed by atoms with E-state index in [0.717, 1.165) is 18.5 Å². The maximum Gasteiger partial charge on any atom is 0.417 e. The largest absolute Gasteiger partial charge is 0.417 e. The molecule has 1 aromatic rings. The topological polar surface area (TPSA) is 30.0 Å². The van der Waals surface area contributed by atoms with E-state index in [-0.39, 0.29) is 12.8 Å². The molecule has 0 spiro atoms. The van der Waals surface area contributed by atoms with E-state index < -0.39 is 47.8 Å². The zero-order valence-corrected chi connectivity index (χ0v) is 10.4. The fourth-order valence-corrected chi connectivity index (χ4v) is 2.36. The molecule has 1 aromatic heterocycles. The summed E-state index contributed by atoms with van der Waals surface area (Å²) < 4.78 is 64.4. The molecule has 0 unspecified atom stereocenters. The highest BCUT2D eigenvalue weighted by Crippen LogP contribution is 2.39. The highest BCUT2D eigenvalue weighted by Gasteiger charge is 2.40. The quantitative estimate of drug-likeness (QED) is 0.606. The Kier molecular flexibility index (Phi) is 3.80. The average molecular weight is 293 g/mol. The van der Waals surface area contributed by atoms with Gasteiger partial charge in [0.25, 0.3) is 0 Å². The lowest BCUT2D eigenvalue weighted by Gasteiger charge is -2.27. The summed E-state index contributed by atoms with van der Waals surface area (Å²) >= 11 is 0. The van der Waals surface area contributed by atoms with Crippen LogP contribution in [0.15, 0.2) is 18.5 Å². The Morgan fingerprint density at radius 2 is 1.85 bits per heavy atom. The van der Waals surface area contributed by atoms with Gasteiger partial charge in [-0.1, -0.05) is 0 Å². The normalized spacial score (nSPS) is 19.9. The number of ketones is 1. The molecule has 1 aliphatic rings. The third kappa shape index (κ3) is 3.13. The fraction of sp³-hybridized carbons (Fsp3) is 0.538. The first-order valence-corrected chi connectivity index (χ1v) is 6.14. The van der Waals surface area contributed by atoms with Gasteiger partial charge in [-0.25, -0.2) is 8.78 Å². The summed E-state index contributed by atoms with van der Waals surface area (Å²) in [5.74, 6) is -4.36. The van der Waals surface area contributed by atoms with Gasteiger partial charge in [0.15, 0.2) is 5.78 Å². The first-order valence-electron chi connectivity index (χ1n) is 6.14. The van der Waals surface area contributed by atoms with Gasteiger partial charge in [-0.2, -0.15) is 13.2 Å². The van der Waals surface area contributed by atoms with Gasteiger partial charge < -0.3 is 0 Å². The van der Waals surface area contributed by atoms with Crippen LogP contribution in [-0.4, -0.2) is 16.7 Å². The minimum atomic E-state index is -4.66. The monoisotopic (exact) mass is 293 g/mol. The first kappa shape index (κ1) is 14.9. The minimum Gasteiger partial charge on any atom is -0.294 e. The molecule has 0 bridgehead atoms. The molecule has 2 rings (SSSR count). The van der Waals surface area contributed by atoms with Crippen molar-refractivity contribution in [1.29, 1.82) is 0 Å². The molecule has 7 heteroatoms. The van der Waals surface area contributed by atoms with Crippen molar-refractivity contribution in [3.8, 4) is 0 Å². The zero-order chi connectivity index (χ0) is 15.0. The van der Waals surface area contributed by atoms with Gasteiger partial charge in [-0.15, -0.1) is 0 Å². The molecular formula is C13H12F5NO. The molecule has 0 atom stereocenters. The molecule has 0 amide bonds. The SMILES string of the molecule is O=C(c1cnccc1C(F)(F)F)C1CCC(F)(F)CC1. The number of hydrogen-bond acceptors (Lipinski definition) is 2. The number of Topliss-reactive ketones (excluding diaryl/α,β-unsaturated/α-hetero) is 1. The summed E-state index contributed by atoms with van der Waals surface area (Å²) in [6.45, 7) is 0. The van der Waals surface area contributed by atoms with Crippen LogP contribution in [-0.2, 0) is 6.18 Å². The van der Waals surface area contributed by atoms with Crippen LogP contribution in [0.4, 0.5) is 22.0 Å². The van der Waals surface area contributed by atoms with Gasteiger partial charge in [0.1, 0.15) is 0 Å². The number of carbonyl (C=O) groups excluding carboxylic acids is 1. The molecule has 1 aliphatic carbocycles. The second-order valence-corrected chi connectivity index (χ2v) is 4.91. The van der Waals surface area contributed by atoms with Gasteiger partial charge in [0.2, 0.25) is 5.92 Å². The zero-order valence-electron chi connectivity index (χ0n) is 10.4. The smallest absolute Gasteiger partial charge is 0.294 e. The second-order valence-electron chi connectivity index (χ2n) is 4.91. The van der Waals surface area contributed by atoms with Crippen molar-refractivity contribution < 1.29 is 26.7 Å². The number of pyridine rings is 1. The standard InChI is InChI=1S/C13H12F5NO/c14-12(15)4-1-8(2-5-12)11(20)9-7-19-6-3-10(9)13(16,17)18/h3,6-8H,1-2,4-5H2. The molecule has 0 aliphatic heterocycles. The van der Waals surface area contributed by atoms with E-state index in [4.69, 9.17) is 0 Å². The highest BCUT2D eigenvalue weighted by molar-refractivity contribution is 5.99. The molecule has 2 nitrogen and oxygen atoms in total. The third-order valence-corrected chi connectivity index (χ3v) is 3.48. The van der Waals surface area contributed by atoms with Crippen molar-refractivity contribution in [3.63, 3.8) is 0 Å². The van der Waals surface area contributed by atoms with Crippen molar-refractivity contribution in [2.75, 3.05) is 0 Å². The van der Waals surface area contributed by atoms with E-state index in [0.29, 0.717) is 0 Å². The van der Waals surface area contributed by atoms with Gasteiger partial charge in [0.05, 0.1) is 5.56 Å². The molecule has 0 aromatic carbocycles. The number of rotatable bonds is 2. The first-order chi connectivity index (χ1) is 9.21. The molecule has 1 saturated carbocycles. The molecule has 0 saturated heterocycles. The van der Waals surface area contributed by atoms with Gasteiger partial charge in [0, 0.05) is 36.7 Å². The van der Waals surface area contributed by atoms with Gasteiger partial charge in [-0.3, -0.25) is 9.78 Å². The van der Waals surface area contributed by atoms with E-state index in [2.05, 4.69) is 4.98 Å². The van der Waals surface area contributed by atoms with Crippen LogP contribution >= 0.6 is 0 Å². The fourth-order valence-electron chi connectivity index (χ4n) is 2.36. The van der Waals surface area contributed by atoms with E-state index in [1.165, 1.54) is 0 Å². The Labute approximate surface area is 112 Å². The minimum absolute atomic E-state index is 0.0992. The van der Waals surface area contributed by atoms with Crippen molar-refractivity contribution >= 4 is 5.78 Å². The van der Waals surface area contributed by atoms with E-state index in [1.54, 1.807) is 0 Å². The highest BCUT2D eigenvalue weighted by atomic mass is 19.4. The average Bonchev–Trinajstić information content (AvgIpc) is 2.37. The maximum atomic E-state index is 13.0. The molecule has 20 heavy (non-hydrogen) atoms. The Morgan fingerprint density at radius 1 is 1.25 bits per heavy atom. The van der Waals surface area contributed by atoms with Crippen LogP contribution in [0.1, 0.15) is 41.6 Å². The Morgan fingerprint density at radius 3 is 2.40 bits per heavy atom. The maximum absolute atomic E-state index is 13.0. The lowest BCUT2D eigenvalue weighted by atomic mass is 9.81. The second kappa shape index (κ2) is 5.10. The van der Waals surface area contributed by atoms with Crippen LogP contribution in [0, 0.1) is 5.92 Å². The number of nitrogens with zero attached hydrogens (tertiary/aromatic N) is 1. The number of halogens is 5. The summed E-state index contributed by atoms with van der Waals surface area (Å²) in [6.07, 6.45) is -3.98. The van der Waals surface area contributed by atoms with Crippen LogP contribution < -0.4 is 0 Å². The van der Waals surface area contributed by atoms with Crippen LogP contribution in [0.3, 0.4) is 0 Å². The number of alkyl halides is 5. The van der Waals surface area contributed by atoms with Crippen molar-refractivity contribution in [2.45, 2.75) is 37.8 Å². The van der Waals surface area contributed by atoms with Gasteiger partial charge >= 0.3 is 6.18 Å². The van der Waals surface area contributed by atoms with Crippen molar-refractivity contribution in [2.24, 2.45) is 5.92 Å². The van der Waals surface area contributed by atoms with Crippen LogP contribution in [0.5, 0.6) is 0 Å². The lowest BCUT2D eigenvalue weighted by molar-refractivity contribution is -0.138. The summed E-state index contributed by atoms with van der Waals surface area (Å²) in [7, 11) is 0. The number of hydrogen-bond donors (Lipinski definition) is 0. The van der Waals surface area contributed by atoms with E-state index in [9.17, 15) is 26.7 Å². The predicted octanol–water partition coefficient (Wildman–Crippen LogP) is 4.11. The predicted molar refractivity (Wildman–Crippen MR) is 60.5 cm³/mol. The summed E-state index contributed by atoms with van der Waals surface area (Å²) in [5.41, 5.74) is -1.59. The third-order valence-electron chi connectivity index (χ3n) is 3.48. The van der Waals surface area contributed by atoms with Crippen LogP contribution in [0.25, 0.3) is 0 Å². The Hall–Kier alpha value is -1.53. The number of carbonyl (C=O) groups is 1. The summed E-state index contributed by atoms with van der Waals surface area (Å²) in [5, 5.41) is 0. The van der Waals surface area contributed by atoms with Gasteiger partial charge in [-0.05, 0) is 18.9 Å². The Balaban J connectivity index is 2.23. The van der Waals surface area contributed by atoms with Crippen molar-refractivity contribution in [3.05, 3.63) is 29.6 Å². The lowest BCUT2D eigenvalue weighted by Crippen LogP contribution is -2.29.